The van der Waals surface area contributed by atoms with Crippen LogP contribution >= 0.6 is 0 Å². The van der Waals surface area contributed by atoms with Crippen LogP contribution in [0.15, 0.2) is 84.9 Å². The van der Waals surface area contributed by atoms with Gasteiger partial charge in [0, 0.05) is 43.7 Å². The highest BCUT2D eigenvalue weighted by molar-refractivity contribution is 5.94. The number of benzene rings is 3. The smallest absolute Gasteiger partial charge is 0.254 e. The Morgan fingerprint density at radius 3 is 2.19 bits per heavy atom. The molecule has 1 amide bonds. The van der Waals surface area contributed by atoms with E-state index in [4.69, 9.17) is 0 Å². The second-order valence-corrected chi connectivity index (χ2v) is 9.32. The molecule has 0 aromatic heterocycles. The Morgan fingerprint density at radius 2 is 1.53 bits per heavy atom. The lowest BCUT2D eigenvalue weighted by atomic mass is 9.86. The highest BCUT2D eigenvalue weighted by atomic mass is 16.2. The number of rotatable bonds is 7. The van der Waals surface area contributed by atoms with Crippen molar-refractivity contribution in [2.75, 3.05) is 19.6 Å². The topological polar surface area (TPSA) is 23.6 Å². The Morgan fingerprint density at radius 1 is 0.906 bits per heavy atom. The van der Waals surface area contributed by atoms with Gasteiger partial charge in [0.2, 0.25) is 0 Å². The lowest BCUT2D eigenvalue weighted by molar-refractivity contribution is 0.0668. The molecule has 3 nitrogen and oxygen atoms in total. The van der Waals surface area contributed by atoms with Gasteiger partial charge in [-0.05, 0) is 55.5 Å². The van der Waals surface area contributed by atoms with Crippen LogP contribution in [0.3, 0.4) is 0 Å². The van der Waals surface area contributed by atoms with Crippen LogP contribution in [0.25, 0.3) is 0 Å². The van der Waals surface area contributed by atoms with Gasteiger partial charge in [-0.2, -0.15) is 0 Å². The first kappa shape index (κ1) is 22.3. The van der Waals surface area contributed by atoms with E-state index in [1.165, 1.54) is 16.7 Å². The molecule has 0 aliphatic carbocycles. The summed E-state index contributed by atoms with van der Waals surface area (Å²) < 4.78 is 0. The van der Waals surface area contributed by atoms with Crippen molar-refractivity contribution in [3.63, 3.8) is 0 Å². The van der Waals surface area contributed by atoms with Gasteiger partial charge in [0.1, 0.15) is 0 Å². The van der Waals surface area contributed by atoms with Gasteiger partial charge >= 0.3 is 0 Å². The highest BCUT2D eigenvalue weighted by Crippen LogP contribution is 2.36. The third kappa shape index (κ3) is 5.11. The van der Waals surface area contributed by atoms with E-state index in [9.17, 15) is 4.79 Å². The Labute approximate surface area is 192 Å². The molecular weight excluding hydrogens is 392 g/mol. The molecule has 0 spiro atoms. The van der Waals surface area contributed by atoms with Gasteiger partial charge in [-0.15, -0.1) is 0 Å². The summed E-state index contributed by atoms with van der Waals surface area (Å²) in [6.45, 7) is 10.2. The van der Waals surface area contributed by atoms with E-state index in [0.29, 0.717) is 11.8 Å². The second kappa shape index (κ2) is 10.1. The van der Waals surface area contributed by atoms with Gasteiger partial charge in [-0.1, -0.05) is 72.8 Å². The summed E-state index contributed by atoms with van der Waals surface area (Å²) in [6, 6.07) is 29.3. The van der Waals surface area contributed by atoms with Crippen LogP contribution in [0, 0.1) is 12.8 Å². The molecular formula is C29H34N2O. The van der Waals surface area contributed by atoms with Crippen molar-refractivity contribution in [1.82, 2.24) is 9.80 Å². The zero-order valence-electron chi connectivity index (χ0n) is 19.4. The van der Waals surface area contributed by atoms with Crippen molar-refractivity contribution in [2.45, 2.75) is 39.3 Å². The summed E-state index contributed by atoms with van der Waals surface area (Å²) >= 11 is 0. The second-order valence-electron chi connectivity index (χ2n) is 9.32. The van der Waals surface area contributed by atoms with Crippen LogP contribution in [0.2, 0.25) is 0 Å². The molecule has 0 bridgehead atoms. The molecule has 4 rings (SSSR count). The van der Waals surface area contributed by atoms with Gasteiger partial charge in [0.25, 0.3) is 5.91 Å². The van der Waals surface area contributed by atoms with E-state index in [0.717, 1.165) is 31.7 Å². The molecule has 0 N–H and O–H groups in total. The molecule has 0 saturated carbocycles. The molecule has 3 aromatic rings. The number of carbonyl (C=O) groups excluding carboxylic acids is 1. The first-order valence-corrected chi connectivity index (χ1v) is 11.7. The molecule has 1 aliphatic heterocycles. The fourth-order valence-corrected chi connectivity index (χ4v) is 5.00. The largest absolute Gasteiger partial charge is 0.336 e. The highest BCUT2D eigenvalue weighted by Gasteiger charge is 2.37. The quantitative estimate of drug-likeness (QED) is 0.479. The van der Waals surface area contributed by atoms with Gasteiger partial charge in [-0.3, -0.25) is 9.69 Å². The first-order chi connectivity index (χ1) is 15.5. The normalized spacial score (nSPS) is 18.8. The number of hydrogen-bond donors (Lipinski definition) is 0. The van der Waals surface area contributed by atoms with E-state index in [2.05, 4.69) is 85.2 Å². The Kier molecular flexibility index (Phi) is 7.06. The molecule has 3 heteroatoms. The summed E-state index contributed by atoms with van der Waals surface area (Å²) in [5.41, 5.74) is 4.88. The number of carbonyl (C=O) groups is 1. The number of aryl methyl sites for hydroxylation is 1. The predicted octanol–water partition coefficient (Wildman–Crippen LogP) is 5.76. The number of hydrogen-bond acceptors (Lipinski definition) is 2. The van der Waals surface area contributed by atoms with Crippen molar-refractivity contribution in [3.8, 4) is 0 Å². The summed E-state index contributed by atoms with van der Waals surface area (Å²) in [4.78, 5) is 18.0. The summed E-state index contributed by atoms with van der Waals surface area (Å²) in [5.74, 6) is 0.949. The molecule has 1 fully saturated rings. The summed E-state index contributed by atoms with van der Waals surface area (Å²) in [5, 5.41) is 0. The van der Waals surface area contributed by atoms with Crippen LogP contribution in [-0.4, -0.2) is 41.4 Å². The maximum Gasteiger partial charge on any atom is 0.254 e. The Balaban J connectivity index is 1.59. The average Bonchev–Trinajstić information content (AvgIpc) is 3.20. The third-order valence-corrected chi connectivity index (χ3v) is 6.69. The zero-order chi connectivity index (χ0) is 22.5. The molecule has 2 atom stereocenters. The molecule has 3 aromatic carbocycles. The fraction of sp³-hybridized carbons (Fsp3) is 0.345. The predicted molar refractivity (Wildman–Crippen MR) is 132 cm³/mol. The maximum absolute atomic E-state index is 13.4. The lowest BCUT2D eigenvalue weighted by Crippen LogP contribution is -2.42. The third-order valence-electron chi connectivity index (χ3n) is 6.69. The monoisotopic (exact) mass is 426 g/mol. The minimum atomic E-state index is 0.130. The van der Waals surface area contributed by atoms with Crippen molar-refractivity contribution < 1.29 is 4.79 Å². The van der Waals surface area contributed by atoms with E-state index < -0.39 is 0 Å². The number of likely N-dealkylation sites (tertiary alicyclic amines) is 1. The summed E-state index contributed by atoms with van der Waals surface area (Å²) in [6.07, 6.45) is 0. The van der Waals surface area contributed by atoms with Crippen molar-refractivity contribution in [2.24, 2.45) is 5.92 Å². The molecule has 0 radical (unpaired) electrons. The first-order valence-electron chi connectivity index (χ1n) is 11.7. The van der Waals surface area contributed by atoms with Crippen LogP contribution in [0.5, 0.6) is 0 Å². The number of nitrogens with zero attached hydrogens (tertiary/aromatic N) is 2. The van der Waals surface area contributed by atoms with Crippen molar-refractivity contribution in [3.05, 3.63) is 107 Å². The molecule has 1 aliphatic rings. The van der Waals surface area contributed by atoms with Crippen LogP contribution in [0.1, 0.15) is 46.8 Å². The van der Waals surface area contributed by atoms with E-state index in [1.807, 2.05) is 30.3 Å². The molecule has 2 unspecified atom stereocenters. The minimum Gasteiger partial charge on any atom is -0.336 e. The molecule has 166 valence electrons. The minimum absolute atomic E-state index is 0.130. The van der Waals surface area contributed by atoms with Gasteiger partial charge < -0.3 is 4.90 Å². The average molecular weight is 427 g/mol. The molecule has 1 heterocycles. The zero-order valence-corrected chi connectivity index (χ0v) is 19.4. The fourth-order valence-electron chi connectivity index (χ4n) is 5.00. The Hall–Kier alpha value is -2.91. The molecule has 32 heavy (non-hydrogen) atoms. The van der Waals surface area contributed by atoms with E-state index >= 15 is 0 Å². The van der Waals surface area contributed by atoms with Crippen molar-refractivity contribution >= 4 is 5.91 Å². The lowest BCUT2D eigenvalue weighted by Gasteiger charge is -2.32. The van der Waals surface area contributed by atoms with Gasteiger partial charge in [0.15, 0.2) is 0 Å². The van der Waals surface area contributed by atoms with Gasteiger partial charge in [0.05, 0.1) is 0 Å². The van der Waals surface area contributed by atoms with Crippen LogP contribution < -0.4 is 0 Å². The van der Waals surface area contributed by atoms with Gasteiger partial charge in [-0.25, -0.2) is 0 Å². The standard InChI is InChI=1S/C29H34N2O/c1-22(2)31(29(32)25-15-8-5-9-16-25)20-26-19-30(18-24-13-6-4-7-14-24)21-28(26)27-17-11-10-12-23(27)3/h4-17,22,26,28H,18-21H2,1-3H3. The van der Waals surface area contributed by atoms with Crippen LogP contribution in [-0.2, 0) is 6.54 Å². The number of amides is 1. The van der Waals surface area contributed by atoms with Crippen LogP contribution in [0.4, 0.5) is 0 Å². The van der Waals surface area contributed by atoms with E-state index in [1.54, 1.807) is 0 Å². The molecule has 1 saturated heterocycles. The Bertz CT molecular complexity index is 1020. The van der Waals surface area contributed by atoms with Crippen molar-refractivity contribution in [1.29, 1.82) is 0 Å². The maximum atomic E-state index is 13.4. The summed E-state index contributed by atoms with van der Waals surface area (Å²) in [7, 11) is 0. The van der Waals surface area contributed by atoms with E-state index in [-0.39, 0.29) is 11.9 Å². The SMILES string of the molecule is Cc1ccccc1C1CN(Cc2ccccc2)CC1CN(C(=O)c1ccccc1)C(C)C.